The topological polar surface area (TPSA) is 33.7 Å². The molecule has 0 bridgehead atoms. The van der Waals surface area contributed by atoms with E-state index in [4.69, 9.17) is 9.47 Å². The molecule has 0 aromatic heterocycles. The third kappa shape index (κ3) is 6.26. The van der Waals surface area contributed by atoms with Crippen molar-refractivity contribution in [2.45, 2.75) is 33.4 Å². The first kappa shape index (κ1) is 16.8. The van der Waals surface area contributed by atoms with Gasteiger partial charge in [0.2, 0.25) is 0 Å². The Morgan fingerprint density at radius 1 is 1.15 bits per heavy atom. The van der Waals surface area contributed by atoms with Gasteiger partial charge >= 0.3 is 0 Å². The number of benzene rings is 1. The third-order valence-electron chi connectivity index (χ3n) is 2.82. The van der Waals surface area contributed by atoms with Crippen molar-refractivity contribution in [3.63, 3.8) is 0 Å². The third-order valence-corrected chi connectivity index (χ3v) is 2.82. The highest BCUT2D eigenvalue weighted by atomic mass is 16.5. The predicted molar refractivity (Wildman–Crippen MR) is 83.6 cm³/mol. The van der Waals surface area contributed by atoms with Crippen molar-refractivity contribution < 1.29 is 9.47 Å². The lowest BCUT2D eigenvalue weighted by atomic mass is 10.2. The fraction of sp³-hybridized carbons (Fsp3) is 0.625. The van der Waals surface area contributed by atoms with Gasteiger partial charge < -0.3 is 19.7 Å². The Bertz CT molecular complexity index is 392. The summed E-state index contributed by atoms with van der Waals surface area (Å²) in [5.74, 6) is 1.65. The highest BCUT2D eigenvalue weighted by molar-refractivity contribution is 5.43. The first-order chi connectivity index (χ1) is 9.52. The highest BCUT2D eigenvalue weighted by Crippen LogP contribution is 2.28. The molecule has 1 aromatic carbocycles. The molecule has 0 aliphatic carbocycles. The van der Waals surface area contributed by atoms with Crippen molar-refractivity contribution in [3.05, 3.63) is 23.8 Å². The largest absolute Gasteiger partial charge is 0.490 e. The summed E-state index contributed by atoms with van der Waals surface area (Å²) in [7, 11) is 4.07. The van der Waals surface area contributed by atoms with E-state index in [0.717, 1.165) is 24.6 Å². The molecule has 20 heavy (non-hydrogen) atoms. The normalized spacial score (nSPS) is 11.2. The van der Waals surface area contributed by atoms with Crippen LogP contribution in [0.2, 0.25) is 0 Å². The van der Waals surface area contributed by atoms with Gasteiger partial charge in [0.05, 0.1) is 6.61 Å². The van der Waals surface area contributed by atoms with Gasteiger partial charge in [-0.05, 0) is 38.7 Å². The lowest BCUT2D eigenvalue weighted by Crippen LogP contribution is -2.22. The van der Waals surface area contributed by atoms with Gasteiger partial charge in [0.15, 0.2) is 11.5 Å². The second-order valence-electron chi connectivity index (χ2n) is 5.40. The zero-order valence-corrected chi connectivity index (χ0v) is 13.4. The van der Waals surface area contributed by atoms with Crippen LogP contribution in [0.4, 0.5) is 0 Å². The van der Waals surface area contributed by atoms with E-state index in [2.05, 4.69) is 36.2 Å². The van der Waals surface area contributed by atoms with Crippen LogP contribution in [0, 0.1) is 0 Å². The molecule has 1 aromatic rings. The Morgan fingerprint density at radius 3 is 2.50 bits per heavy atom. The molecule has 1 rings (SSSR count). The molecule has 0 aliphatic rings. The van der Waals surface area contributed by atoms with Crippen LogP contribution >= 0.6 is 0 Å². The van der Waals surface area contributed by atoms with E-state index < -0.39 is 0 Å². The SMILES string of the molecule is CCOc1cc(CNC(C)C)ccc1OCCN(C)C. The van der Waals surface area contributed by atoms with Gasteiger partial charge in [-0.25, -0.2) is 0 Å². The summed E-state index contributed by atoms with van der Waals surface area (Å²) < 4.78 is 11.5. The van der Waals surface area contributed by atoms with Crippen molar-refractivity contribution >= 4 is 0 Å². The fourth-order valence-electron chi connectivity index (χ4n) is 1.71. The molecule has 0 amide bonds. The Morgan fingerprint density at radius 2 is 1.90 bits per heavy atom. The Kier molecular flexibility index (Phi) is 7.41. The first-order valence-electron chi connectivity index (χ1n) is 7.29. The number of hydrogen-bond acceptors (Lipinski definition) is 4. The fourth-order valence-corrected chi connectivity index (χ4v) is 1.71. The van der Waals surface area contributed by atoms with E-state index in [1.54, 1.807) is 0 Å². The van der Waals surface area contributed by atoms with E-state index in [1.165, 1.54) is 5.56 Å². The van der Waals surface area contributed by atoms with Crippen LogP contribution in [-0.4, -0.2) is 44.8 Å². The van der Waals surface area contributed by atoms with E-state index in [9.17, 15) is 0 Å². The Balaban J connectivity index is 2.68. The minimum Gasteiger partial charge on any atom is -0.490 e. The van der Waals surface area contributed by atoms with Crippen molar-refractivity contribution in [3.8, 4) is 11.5 Å². The summed E-state index contributed by atoms with van der Waals surface area (Å²) in [4.78, 5) is 2.10. The molecule has 4 nitrogen and oxygen atoms in total. The number of nitrogens with one attached hydrogen (secondary N) is 1. The molecular weight excluding hydrogens is 252 g/mol. The molecule has 0 unspecified atom stereocenters. The lowest BCUT2D eigenvalue weighted by molar-refractivity contribution is 0.243. The smallest absolute Gasteiger partial charge is 0.161 e. The summed E-state index contributed by atoms with van der Waals surface area (Å²) in [5.41, 5.74) is 1.21. The zero-order valence-electron chi connectivity index (χ0n) is 13.4. The number of ether oxygens (including phenoxy) is 2. The van der Waals surface area contributed by atoms with Crippen LogP contribution in [-0.2, 0) is 6.54 Å². The quantitative estimate of drug-likeness (QED) is 0.753. The average Bonchev–Trinajstić information content (AvgIpc) is 2.38. The van der Waals surface area contributed by atoms with Crippen molar-refractivity contribution in [1.29, 1.82) is 0 Å². The summed E-state index contributed by atoms with van der Waals surface area (Å²) in [6.45, 7) is 9.31. The first-order valence-corrected chi connectivity index (χ1v) is 7.29. The monoisotopic (exact) mass is 280 g/mol. The molecule has 0 spiro atoms. The maximum atomic E-state index is 5.79. The molecule has 114 valence electrons. The van der Waals surface area contributed by atoms with Crippen LogP contribution in [0.15, 0.2) is 18.2 Å². The van der Waals surface area contributed by atoms with Crippen LogP contribution < -0.4 is 14.8 Å². The van der Waals surface area contributed by atoms with Crippen molar-refractivity contribution in [1.82, 2.24) is 10.2 Å². The van der Waals surface area contributed by atoms with E-state index >= 15 is 0 Å². The highest BCUT2D eigenvalue weighted by Gasteiger charge is 2.07. The van der Waals surface area contributed by atoms with Gasteiger partial charge in [-0.2, -0.15) is 0 Å². The van der Waals surface area contributed by atoms with Gasteiger partial charge in [0, 0.05) is 19.1 Å². The van der Waals surface area contributed by atoms with Crippen molar-refractivity contribution in [2.75, 3.05) is 33.9 Å². The number of rotatable bonds is 9. The molecular formula is C16H28N2O2. The molecule has 0 aliphatic heterocycles. The molecule has 0 heterocycles. The summed E-state index contributed by atoms with van der Waals surface area (Å²) >= 11 is 0. The Hall–Kier alpha value is -1.26. The van der Waals surface area contributed by atoms with E-state index in [0.29, 0.717) is 19.3 Å². The maximum absolute atomic E-state index is 5.79. The van der Waals surface area contributed by atoms with Gasteiger partial charge in [0.1, 0.15) is 6.61 Å². The van der Waals surface area contributed by atoms with Crippen LogP contribution in [0.1, 0.15) is 26.3 Å². The van der Waals surface area contributed by atoms with Gasteiger partial charge in [-0.15, -0.1) is 0 Å². The predicted octanol–water partition coefficient (Wildman–Crippen LogP) is 2.52. The number of nitrogens with zero attached hydrogens (tertiary/aromatic N) is 1. The summed E-state index contributed by atoms with van der Waals surface area (Å²) in [5, 5.41) is 3.41. The second-order valence-corrected chi connectivity index (χ2v) is 5.40. The van der Waals surface area contributed by atoms with E-state index in [1.807, 2.05) is 27.1 Å². The van der Waals surface area contributed by atoms with Crippen LogP contribution in [0.3, 0.4) is 0 Å². The maximum Gasteiger partial charge on any atom is 0.161 e. The molecule has 0 saturated carbocycles. The van der Waals surface area contributed by atoms with E-state index in [-0.39, 0.29) is 0 Å². The van der Waals surface area contributed by atoms with Gasteiger partial charge in [-0.1, -0.05) is 19.9 Å². The zero-order chi connectivity index (χ0) is 15.0. The van der Waals surface area contributed by atoms with Crippen molar-refractivity contribution in [2.24, 2.45) is 0 Å². The molecule has 1 N–H and O–H groups in total. The second kappa shape index (κ2) is 8.82. The summed E-state index contributed by atoms with van der Waals surface area (Å²) in [6.07, 6.45) is 0. The number of hydrogen-bond donors (Lipinski definition) is 1. The molecule has 0 fully saturated rings. The Labute approximate surface area is 123 Å². The minimum absolute atomic E-state index is 0.474. The lowest BCUT2D eigenvalue weighted by Gasteiger charge is -2.16. The van der Waals surface area contributed by atoms with Crippen LogP contribution in [0.25, 0.3) is 0 Å². The van der Waals surface area contributed by atoms with Gasteiger partial charge in [-0.3, -0.25) is 0 Å². The molecule has 4 heteroatoms. The minimum atomic E-state index is 0.474. The standard InChI is InChI=1S/C16H28N2O2/c1-6-19-16-11-14(12-17-13(2)3)7-8-15(16)20-10-9-18(4)5/h7-8,11,13,17H,6,9-10,12H2,1-5H3. The average molecular weight is 280 g/mol. The molecule has 0 radical (unpaired) electrons. The molecule has 0 saturated heterocycles. The van der Waals surface area contributed by atoms with Gasteiger partial charge in [0.25, 0.3) is 0 Å². The molecule has 0 atom stereocenters. The van der Waals surface area contributed by atoms with Crippen LogP contribution in [0.5, 0.6) is 11.5 Å². The number of likely N-dealkylation sites (N-methyl/N-ethyl adjacent to an activating group) is 1. The summed E-state index contributed by atoms with van der Waals surface area (Å²) in [6, 6.07) is 6.62.